The molecule has 2 aliphatic carbocycles. The Kier molecular flexibility index (Phi) is 3.45. The second-order valence-electron chi connectivity index (χ2n) is 5.13. The summed E-state index contributed by atoms with van der Waals surface area (Å²) < 4.78 is 6.02. The van der Waals surface area contributed by atoms with Crippen molar-refractivity contribution in [3.05, 3.63) is 0 Å². The van der Waals surface area contributed by atoms with Crippen LogP contribution >= 0.6 is 0 Å². The van der Waals surface area contributed by atoms with Crippen molar-refractivity contribution in [2.45, 2.75) is 51.2 Å². The summed E-state index contributed by atoms with van der Waals surface area (Å²) in [7, 11) is 2.06. The lowest BCUT2D eigenvalue weighted by Crippen LogP contribution is -2.43. The molecule has 2 aliphatic rings. The smallest absolute Gasteiger partial charge is 0.0730 e. The molecule has 1 N–H and O–H groups in total. The molecule has 2 saturated carbocycles. The Bertz CT molecular complexity index is 179. The van der Waals surface area contributed by atoms with Crippen molar-refractivity contribution in [3.8, 4) is 0 Å². The zero-order chi connectivity index (χ0) is 9.97. The summed E-state index contributed by atoms with van der Waals surface area (Å²) in [5, 5.41) is 3.39. The van der Waals surface area contributed by atoms with E-state index in [1.165, 1.54) is 32.1 Å². The van der Waals surface area contributed by atoms with Gasteiger partial charge in [0, 0.05) is 12.6 Å². The molecule has 0 aromatic carbocycles. The van der Waals surface area contributed by atoms with E-state index in [2.05, 4.69) is 19.3 Å². The molecule has 0 heterocycles. The van der Waals surface area contributed by atoms with Crippen LogP contribution in [0.15, 0.2) is 0 Å². The normalized spacial score (nSPS) is 38.6. The van der Waals surface area contributed by atoms with Crippen molar-refractivity contribution in [1.82, 2.24) is 5.32 Å². The summed E-state index contributed by atoms with van der Waals surface area (Å²) in [5.41, 5.74) is 0. The Hall–Kier alpha value is -0.0800. The van der Waals surface area contributed by atoms with Crippen LogP contribution in [0.2, 0.25) is 0 Å². The van der Waals surface area contributed by atoms with Gasteiger partial charge in [-0.05, 0) is 51.0 Å². The third kappa shape index (κ3) is 2.71. The number of likely N-dealkylation sites (N-methyl/N-ethyl adjacent to an activating group) is 1. The minimum atomic E-state index is 0.476. The first-order valence-corrected chi connectivity index (χ1v) is 6.08. The summed E-state index contributed by atoms with van der Waals surface area (Å²) >= 11 is 0. The molecule has 0 amide bonds. The Morgan fingerprint density at radius 3 is 2.64 bits per heavy atom. The number of hydrogen-bond acceptors (Lipinski definition) is 2. The zero-order valence-corrected chi connectivity index (χ0v) is 9.46. The fourth-order valence-corrected chi connectivity index (χ4v) is 2.39. The van der Waals surface area contributed by atoms with E-state index in [1.807, 2.05) is 0 Å². The van der Waals surface area contributed by atoms with Gasteiger partial charge in [0.1, 0.15) is 0 Å². The van der Waals surface area contributed by atoms with E-state index in [0.29, 0.717) is 12.1 Å². The average Bonchev–Trinajstić information content (AvgIpc) is 2.98. The molecule has 0 aliphatic heterocycles. The van der Waals surface area contributed by atoms with Crippen LogP contribution in [-0.4, -0.2) is 25.8 Å². The van der Waals surface area contributed by atoms with Gasteiger partial charge in [-0.1, -0.05) is 6.92 Å². The van der Waals surface area contributed by atoms with Gasteiger partial charge in [0.15, 0.2) is 0 Å². The van der Waals surface area contributed by atoms with Crippen LogP contribution in [0.25, 0.3) is 0 Å². The highest BCUT2D eigenvalue weighted by Crippen LogP contribution is 2.32. The highest BCUT2D eigenvalue weighted by Gasteiger charge is 2.30. The molecule has 2 nitrogen and oxygen atoms in total. The standard InChI is InChI=1S/C12H23NO/c1-9-3-6-11(13-2)12(7-9)14-8-10-4-5-10/h9-13H,3-8H2,1-2H3. The van der Waals surface area contributed by atoms with Crippen LogP contribution in [0.1, 0.15) is 39.0 Å². The third-order valence-corrected chi connectivity index (χ3v) is 3.67. The number of nitrogens with one attached hydrogen (secondary N) is 1. The number of ether oxygens (including phenoxy) is 1. The lowest BCUT2D eigenvalue weighted by molar-refractivity contribution is -0.0106. The highest BCUT2D eigenvalue weighted by atomic mass is 16.5. The monoisotopic (exact) mass is 197 g/mol. The summed E-state index contributed by atoms with van der Waals surface area (Å²) in [5.74, 6) is 1.74. The van der Waals surface area contributed by atoms with Gasteiger partial charge in [0.2, 0.25) is 0 Å². The van der Waals surface area contributed by atoms with Gasteiger partial charge in [0.25, 0.3) is 0 Å². The van der Waals surface area contributed by atoms with E-state index < -0.39 is 0 Å². The van der Waals surface area contributed by atoms with Crippen LogP contribution in [0.3, 0.4) is 0 Å². The van der Waals surface area contributed by atoms with Gasteiger partial charge < -0.3 is 10.1 Å². The Morgan fingerprint density at radius 2 is 2.00 bits per heavy atom. The maximum Gasteiger partial charge on any atom is 0.0730 e. The Morgan fingerprint density at radius 1 is 1.21 bits per heavy atom. The SMILES string of the molecule is CNC1CCC(C)CC1OCC1CC1. The summed E-state index contributed by atoms with van der Waals surface area (Å²) in [6, 6.07) is 0.602. The zero-order valence-electron chi connectivity index (χ0n) is 9.46. The van der Waals surface area contributed by atoms with Crippen molar-refractivity contribution in [3.63, 3.8) is 0 Å². The van der Waals surface area contributed by atoms with Crippen molar-refractivity contribution < 1.29 is 4.74 Å². The molecular weight excluding hydrogens is 174 g/mol. The van der Waals surface area contributed by atoms with E-state index in [-0.39, 0.29) is 0 Å². The van der Waals surface area contributed by atoms with Crippen molar-refractivity contribution in [2.75, 3.05) is 13.7 Å². The molecule has 0 bridgehead atoms. The lowest BCUT2D eigenvalue weighted by atomic mass is 9.85. The van der Waals surface area contributed by atoms with Gasteiger partial charge in [-0.25, -0.2) is 0 Å². The van der Waals surface area contributed by atoms with Crippen LogP contribution in [0, 0.1) is 11.8 Å². The first-order valence-electron chi connectivity index (χ1n) is 6.08. The Balaban J connectivity index is 1.77. The molecule has 14 heavy (non-hydrogen) atoms. The molecule has 2 heteroatoms. The summed E-state index contributed by atoms with van der Waals surface area (Å²) in [6.45, 7) is 3.36. The number of rotatable bonds is 4. The van der Waals surface area contributed by atoms with Gasteiger partial charge in [0.05, 0.1) is 6.10 Å². The van der Waals surface area contributed by atoms with E-state index in [9.17, 15) is 0 Å². The maximum atomic E-state index is 6.02. The molecular formula is C12H23NO. The molecule has 0 aromatic heterocycles. The molecule has 2 fully saturated rings. The second kappa shape index (κ2) is 4.63. The molecule has 0 aromatic rings. The van der Waals surface area contributed by atoms with E-state index in [1.54, 1.807) is 0 Å². The van der Waals surface area contributed by atoms with E-state index >= 15 is 0 Å². The predicted octanol–water partition coefficient (Wildman–Crippen LogP) is 2.19. The first-order chi connectivity index (χ1) is 6.79. The fourth-order valence-electron chi connectivity index (χ4n) is 2.39. The van der Waals surface area contributed by atoms with E-state index in [4.69, 9.17) is 4.74 Å². The topological polar surface area (TPSA) is 21.3 Å². The predicted molar refractivity (Wildman–Crippen MR) is 58.3 cm³/mol. The van der Waals surface area contributed by atoms with Crippen LogP contribution in [0.5, 0.6) is 0 Å². The third-order valence-electron chi connectivity index (χ3n) is 3.67. The maximum absolute atomic E-state index is 6.02. The minimum Gasteiger partial charge on any atom is -0.376 e. The van der Waals surface area contributed by atoms with Crippen molar-refractivity contribution in [2.24, 2.45) is 11.8 Å². The largest absolute Gasteiger partial charge is 0.376 e. The number of hydrogen-bond donors (Lipinski definition) is 1. The minimum absolute atomic E-state index is 0.476. The van der Waals surface area contributed by atoms with Gasteiger partial charge in [-0.15, -0.1) is 0 Å². The van der Waals surface area contributed by atoms with Crippen molar-refractivity contribution >= 4 is 0 Å². The molecule has 82 valence electrons. The van der Waals surface area contributed by atoms with Crippen LogP contribution < -0.4 is 5.32 Å². The van der Waals surface area contributed by atoms with Gasteiger partial charge >= 0.3 is 0 Å². The first kappa shape index (κ1) is 10.4. The average molecular weight is 197 g/mol. The molecule has 0 radical (unpaired) electrons. The van der Waals surface area contributed by atoms with Crippen LogP contribution in [-0.2, 0) is 4.74 Å². The van der Waals surface area contributed by atoms with Gasteiger partial charge in [-0.2, -0.15) is 0 Å². The molecule has 2 rings (SSSR count). The summed E-state index contributed by atoms with van der Waals surface area (Å²) in [6.07, 6.45) is 7.16. The molecule has 0 saturated heterocycles. The molecule has 3 unspecified atom stereocenters. The van der Waals surface area contributed by atoms with E-state index in [0.717, 1.165) is 18.4 Å². The van der Waals surface area contributed by atoms with Gasteiger partial charge in [-0.3, -0.25) is 0 Å². The second-order valence-corrected chi connectivity index (χ2v) is 5.13. The van der Waals surface area contributed by atoms with Crippen LogP contribution in [0.4, 0.5) is 0 Å². The highest BCUT2D eigenvalue weighted by molar-refractivity contribution is 4.84. The molecule has 0 spiro atoms. The van der Waals surface area contributed by atoms with Crippen molar-refractivity contribution in [1.29, 1.82) is 0 Å². The summed E-state index contributed by atoms with van der Waals surface area (Å²) in [4.78, 5) is 0. The quantitative estimate of drug-likeness (QED) is 0.746. The fraction of sp³-hybridized carbons (Fsp3) is 1.00. The Labute approximate surface area is 87.4 Å². The lowest BCUT2D eigenvalue weighted by Gasteiger charge is -2.34. The molecule has 3 atom stereocenters.